The molecule has 20 heavy (non-hydrogen) atoms. The van der Waals surface area contributed by atoms with Gasteiger partial charge in [0.1, 0.15) is 6.04 Å². The lowest BCUT2D eigenvalue weighted by Crippen LogP contribution is -2.45. The molecule has 6 heteroatoms. The maximum absolute atomic E-state index is 12.0. The average molecular weight is 298 g/mol. The van der Waals surface area contributed by atoms with Crippen LogP contribution in [0.2, 0.25) is 5.02 Å². The molecule has 110 valence electrons. The Morgan fingerprint density at radius 2 is 1.90 bits per heavy atom. The van der Waals surface area contributed by atoms with Crippen molar-refractivity contribution in [1.29, 1.82) is 0 Å². The molecule has 4 N–H and O–H groups in total. The van der Waals surface area contributed by atoms with Gasteiger partial charge < -0.3 is 16.4 Å². The minimum Gasteiger partial charge on any atom is -0.399 e. The second-order valence-corrected chi connectivity index (χ2v) is 5.54. The second kappa shape index (κ2) is 7.14. The van der Waals surface area contributed by atoms with E-state index in [9.17, 15) is 9.59 Å². The van der Waals surface area contributed by atoms with Gasteiger partial charge in [0.25, 0.3) is 5.91 Å². The number of benzene rings is 1. The van der Waals surface area contributed by atoms with Crippen LogP contribution < -0.4 is 16.4 Å². The summed E-state index contributed by atoms with van der Waals surface area (Å²) < 4.78 is 0. The van der Waals surface area contributed by atoms with Crippen LogP contribution in [0.4, 0.5) is 5.69 Å². The number of nitrogen functional groups attached to an aromatic ring is 1. The summed E-state index contributed by atoms with van der Waals surface area (Å²) in [7, 11) is 0. The Kier molecular flexibility index (Phi) is 5.82. The lowest BCUT2D eigenvalue weighted by atomic mass is 10.1. The highest BCUT2D eigenvalue weighted by Crippen LogP contribution is 2.16. The zero-order valence-electron chi connectivity index (χ0n) is 11.9. The van der Waals surface area contributed by atoms with E-state index >= 15 is 0 Å². The van der Waals surface area contributed by atoms with Crippen molar-refractivity contribution in [1.82, 2.24) is 10.6 Å². The Hall–Kier alpha value is -1.75. The highest BCUT2D eigenvalue weighted by atomic mass is 35.5. The first-order valence-electron chi connectivity index (χ1n) is 6.44. The summed E-state index contributed by atoms with van der Waals surface area (Å²) in [6.45, 7) is 6.20. The minimum absolute atomic E-state index is 0.220. The summed E-state index contributed by atoms with van der Waals surface area (Å²) in [6.07, 6.45) is 0. The SMILES string of the molecule is CC(C)CNC(=O)C(C)NC(=O)c1cc(N)cc(Cl)c1. The van der Waals surface area contributed by atoms with Crippen molar-refractivity contribution in [2.75, 3.05) is 12.3 Å². The maximum Gasteiger partial charge on any atom is 0.252 e. The third-order valence-corrected chi connectivity index (χ3v) is 2.83. The number of hydrogen-bond donors (Lipinski definition) is 3. The monoisotopic (exact) mass is 297 g/mol. The Morgan fingerprint density at radius 3 is 2.45 bits per heavy atom. The molecule has 0 radical (unpaired) electrons. The minimum atomic E-state index is -0.624. The number of carbonyl (C=O) groups is 2. The van der Waals surface area contributed by atoms with Gasteiger partial charge in [0.05, 0.1) is 0 Å². The summed E-state index contributed by atoms with van der Waals surface area (Å²) in [5.41, 5.74) is 6.36. The first-order valence-corrected chi connectivity index (χ1v) is 6.82. The lowest BCUT2D eigenvalue weighted by molar-refractivity contribution is -0.122. The van der Waals surface area contributed by atoms with Gasteiger partial charge >= 0.3 is 0 Å². The number of nitrogens with two attached hydrogens (primary N) is 1. The first kappa shape index (κ1) is 16.3. The van der Waals surface area contributed by atoms with Crippen molar-refractivity contribution >= 4 is 29.1 Å². The number of hydrogen-bond acceptors (Lipinski definition) is 3. The Bertz CT molecular complexity index is 483. The molecule has 0 aliphatic heterocycles. The molecule has 0 saturated heterocycles. The van der Waals surface area contributed by atoms with Gasteiger partial charge in [-0.25, -0.2) is 0 Å². The van der Waals surface area contributed by atoms with Crippen molar-refractivity contribution in [3.05, 3.63) is 28.8 Å². The van der Waals surface area contributed by atoms with Gasteiger partial charge in [0.15, 0.2) is 0 Å². The normalized spacial score (nSPS) is 12.1. The van der Waals surface area contributed by atoms with E-state index in [0.29, 0.717) is 28.7 Å². The van der Waals surface area contributed by atoms with E-state index in [4.69, 9.17) is 17.3 Å². The zero-order valence-corrected chi connectivity index (χ0v) is 12.6. The van der Waals surface area contributed by atoms with Gasteiger partial charge in [-0.05, 0) is 31.0 Å². The molecule has 1 aromatic carbocycles. The van der Waals surface area contributed by atoms with E-state index in [1.165, 1.54) is 12.1 Å². The topological polar surface area (TPSA) is 84.2 Å². The summed E-state index contributed by atoms with van der Waals surface area (Å²) in [4.78, 5) is 23.8. The molecule has 0 heterocycles. The number of carbonyl (C=O) groups excluding carboxylic acids is 2. The summed E-state index contributed by atoms with van der Waals surface area (Å²) in [5, 5.41) is 5.75. The van der Waals surface area contributed by atoms with Gasteiger partial charge in [-0.15, -0.1) is 0 Å². The first-order chi connectivity index (χ1) is 9.29. The van der Waals surface area contributed by atoms with Crippen LogP contribution in [0, 0.1) is 5.92 Å². The van der Waals surface area contributed by atoms with Crippen LogP contribution >= 0.6 is 11.6 Å². The van der Waals surface area contributed by atoms with E-state index in [1.807, 2.05) is 13.8 Å². The predicted molar refractivity (Wildman–Crippen MR) is 80.6 cm³/mol. The molecule has 1 atom stereocenters. The number of anilines is 1. The number of halogens is 1. The van der Waals surface area contributed by atoms with E-state index < -0.39 is 6.04 Å². The van der Waals surface area contributed by atoms with Crippen LogP contribution in [-0.4, -0.2) is 24.4 Å². The number of rotatable bonds is 5. The molecule has 0 spiro atoms. The molecule has 1 rings (SSSR count). The summed E-state index contributed by atoms with van der Waals surface area (Å²) in [5.74, 6) is -0.247. The third-order valence-electron chi connectivity index (χ3n) is 2.61. The van der Waals surface area contributed by atoms with Crippen molar-refractivity contribution < 1.29 is 9.59 Å². The number of nitrogens with one attached hydrogen (secondary N) is 2. The Labute approximate surface area is 123 Å². The van der Waals surface area contributed by atoms with Crippen LogP contribution in [0.1, 0.15) is 31.1 Å². The molecule has 1 unspecified atom stereocenters. The molecule has 0 saturated carbocycles. The molecule has 0 bridgehead atoms. The molecule has 0 fully saturated rings. The standard InChI is InChI=1S/C14H20ClN3O2/c1-8(2)7-17-13(19)9(3)18-14(20)10-4-11(15)6-12(16)5-10/h4-6,8-9H,7,16H2,1-3H3,(H,17,19)(H,18,20). The fourth-order valence-electron chi connectivity index (χ4n) is 1.55. The molecular weight excluding hydrogens is 278 g/mol. The van der Waals surface area contributed by atoms with Gasteiger partial charge in [-0.3, -0.25) is 9.59 Å². The number of amides is 2. The van der Waals surface area contributed by atoms with Crippen molar-refractivity contribution in [2.45, 2.75) is 26.8 Å². The van der Waals surface area contributed by atoms with Crippen LogP contribution in [0.5, 0.6) is 0 Å². The molecule has 1 aromatic rings. The second-order valence-electron chi connectivity index (χ2n) is 5.11. The predicted octanol–water partition coefficient (Wildman–Crippen LogP) is 1.81. The highest BCUT2D eigenvalue weighted by Gasteiger charge is 2.17. The molecule has 5 nitrogen and oxygen atoms in total. The maximum atomic E-state index is 12.0. The van der Waals surface area contributed by atoms with E-state index in [-0.39, 0.29) is 11.8 Å². The van der Waals surface area contributed by atoms with Gasteiger partial charge in [-0.1, -0.05) is 25.4 Å². The summed E-state index contributed by atoms with van der Waals surface area (Å²) >= 11 is 5.84. The molecule has 0 aliphatic rings. The van der Waals surface area contributed by atoms with Crippen molar-refractivity contribution in [2.24, 2.45) is 5.92 Å². The Morgan fingerprint density at radius 1 is 1.25 bits per heavy atom. The Balaban J connectivity index is 2.63. The fraction of sp³-hybridized carbons (Fsp3) is 0.429. The van der Waals surface area contributed by atoms with E-state index in [2.05, 4.69) is 10.6 Å². The van der Waals surface area contributed by atoms with Crippen LogP contribution in [0.15, 0.2) is 18.2 Å². The van der Waals surface area contributed by atoms with Crippen molar-refractivity contribution in [3.8, 4) is 0 Å². The van der Waals surface area contributed by atoms with Crippen LogP contribution in [0.3, 0.4) is 0 Å². The van der Waals surface area contributed by atoms with E-state index in [1.54, 1.807) is 13.0 Å². The quantitative estimate of drug-likeness (QED) is 0.725. The summed E-state index contributed by atoms with van der Waals surface area (Å²) in [6, 6.07) is 3.95. The highest BCUT2D eigenvalue weighted by molar-refractivity contribution is 6.31. The fourth-order valence-corrected chi connectivity index (χ4v) is 1.79. The van der Waals surface area contributed by atoms with Gasteiger partial charge in [0.2, 0.25) is 5.91 Å². The van der Waals surface area contributed by atoms with Crippen molar-refractivity contribution in [3.63, 3.8) is 0 Å². The molecular formula is C14H20ClN3O2. The largest absolute Gasteiger partial charge is 0.399 e. The van der Waals surface area contributed by atoms with E-state index in [0.717, 1.165) is 0 Å². The smallest absolute Gasteiger partial charge is 0.252 e. The molecule has 0 aromatic heterocycles. The van der Waals surface area contributed by atoms with Gasteiger partial charge in [0, 0.05) is 22.8 Å². The third kappa shape index (κ3) is 5.09. The zero-order chi connectivity index (χ0) is 15.3. The molecule has 2 amide bonds. The molecule has 0 aliphatic carbocycles. The lowest BCUT2D eigenvalue weighted by Gasteiger charge is -2.15. The van der Waals surface area contributed by atoms with Crippen LogP contribution in [0.25, 0.3) is 0 Å². The van der Waals surface area contributed by atoms with Crippen LogP contribution in [-0.2, 0) is 4.79 Å². The average Bonchev–Trinajstić information content (AvgIpc) is 2.34. The van der Waals surface area contributed by atoms with Gasteiger partial charge in [-0.2, -0.15) is 0 Å².